The molecule has 8 heteroatoms. The summed E-state index contributed by atoms with van der Waals surface area (Å²) in [7, 11) is 0. The first-order valence-corrected chi connectivity index (χ1v) is 5.02. The van der Waals surface area contributed by atoms with Gasteiger partial charge in [-0.3, -0.25) is 10.1 Å². The molecule has 1 N–H and O–H groups in total. The predicted molar refractivity (Wildman–Crippen MR) is 54.8 cm³/mol. The van der Waals surface area contributed by atoms with E-state index < -0.39 is 17.0 Å². The molecule has 1 aromatic carbocycles. The SMILES string of the molecule is CC(O)c1c([O-])on[n+]1-c1ccc([N+](=O)[O-])cc1. The van der Waals surface area contributed by atoms with Crippen molar-refractivity contribution in [3.63, 3.8) is 0 Å². The molecule has 0 bridgehead atoms. The molecule has 1 atom stereocenters. The van der Waals surface area contributed by atoms with Gasteiger partial charge in [-0.2, -0.15) is 0 Å². The monoisotopic (exact) mass is 251 g/mol. The van der Waals surface area contributed by atoms with Gasteiger partial charge in [-0.15, -0.1) is 0 Å². The molecule has 0 aliphatic carbocycles. The van der Waals surface area contributed by atoms with Crippen LogP contribution >= 0.6 is 0 Å². The minimum absolute atomic E-state index is 0.0381. The second kappa shape index (κ2) is 4.41. The first-order chi connectivity index (χ1) is 8.50. The van der Waals surface area contributed by atoms with E-state index in [1.165, 1.54) is 31.2 Å². The summed E-state index contributed by atoms with van der Waals surface area (Å²) in [5.41, 5.74) is 0.273. The first-order valence-electron chi connectivity index (χ1n) is 5.02. The average Bonchev–Trinajstić information content (AvgIpc) is 2.71. The second-order valence-electron chi connectivity index (χ2n) is 3.61. The maximum atomic E-state index is 11.3. The van der Waals surface area contributed by atoms with Crippen molar-refractivity contribution < 1.29 is 24.3 Å². The normalized spacial score (nSPS) is 12.3. The number of nitro groups is 1. The van der Waals surface area contributed by atoms with Crippen LogP contribution in [0.3, 0.4) is 0 Å². The lowest BCUT2D eigenvalue weighted by Crippen LogP contribution is -2.37. The Morgan fingerprint density at radius 2 is 2.06 bits per heavy atom. The summed E-state index contributed by atoms with van der Waals surface area (Å²) in [6.07, 6.45) is -1.06. The third kappa shape index (κ3) is 2.00. The van der Waals surface area contributed by atoms with Crippen molar-refractivity contribution in [3.05, 3.63) is 40.1 Å². The smallest absolute Gasteiger partial charge is 0.269 e. The highest BCUT2D eigenvalue weighted by atomic mass is 16.6. The summed E-state index contributed by atoms with van der Waals surface area (Å²) in [4.78, 5) is 9.97. The van der Waals surface area contributed by atoms with E-state index in [2.05, 4.69) is 9.79 Å². The Morgan fingerprint density at radius 3 is 2.56 bits per heavy atom. The predicted octanol–water partition coefficient (Wildman–Crippen LogP) is -0.0136. The van der Waals surface area contributed by atoms with Crippen molar-refractivity contribution in [2.75, 3.05) is 0 Å². The zero-order valence-corrected chi connectivity index (χ0v) is 9.31. The van der Waals surface area contributed by atoms with Crippen molar-refractivity contribution in [2.24, 2.45) is 0 Å². The first kappa shape index (κ1) is 12.0. The van der Waals surface area contributed by atoms with Crippen LogP contribution in [0.2, 0.25) is 0 Å². The van der Waals surface area contributed by atoms with Crippen LogP contribution in [0.4, 0.5) is 5.69 Å². The van der Waals surface area contributed by atoms with Crippen molar-refractivity contribution in [3.8, 4) is 11.6 Å². The minimum atomic E-state index is -1.06. The number of aromatic nitrogens is 2. The Bertz CT molecular complexity index is 576. The number of nitrogens with zero attached hydrogens (tertiary/aromatic N) is 3. The van der Waals surface area contributed by atoms with Gasteiger partial charge in [0.15, 0.2) is 5.95 Å². The fourth-order valence-corrected chi connectivity index (χ4v) is 1.50. The molecule has 0 saturated carbocycles. The Balaban J connectivity index is 2.46. The van der Waals surface area contributed by atoms with Gasteiger partial charge in [0.1, 0.15) is 6.10 Å². The molecule has 1 heterocycles. The summed E-state index contributed by atoms with van der Waals surface area (Å²) in [5.74, 6) is -0.747. The average molecular weight is 251 g/mol. The van der Waals surface area contributed by atoms with Crippen LogP contribution in [0.15, 0.2) is 28.8 Å². The maximum absolute atomic E-state index is 11.3. The van der Waals surface area contributed by atoms with Crippen molar-refractivity contribution in [1.29, 1.82) is 0 Å². The van der Waals surface area contributed by atoms with Crippen molar-refractivity contribution in [1.82, 2.24) is 5.27 Å². The molecule has 1 unspecified atom stereocenters. The third-order valence-electron chi connectivity index (χ3n) is 2.34. The highest BCUT2D eigenvalue weighted by molar-refractivity contribution is 5.36. The number of non-ortho nitro benzene ring substituents is 1. The van der Waals surface area contributed by atoms with Gasteiger partial charge in [0.2, 0.25) is 5.69 Å². The largest absolute Gasteiger partial charge is 0.539 e. The molecule has 2 rings (SSSR count). The summed E-state index contributed by atoms with van der Waals surface area (Å²) in [6, 6.07) is 5.36. The van der Waals surface area contributed by atoms with Crippen LogP contribution in [0.5, 0.6) is 5.95 Å². The van der Waals surface area contributed by atoms with Gasteiger partial charge in [0, 0.05) is 24.3 Å². The Hall–Kier alpha value is -2.48. The van der Waals surface area contributed by atoms with Gasteiger partial charge >= 0.3 is 0 Å². The molecule has 18 heavy (non-hydrogen) atoms. The quantitative estimate of drug-likeness (QED) is 0.465. The van der Waals surface area contributed by atoms with E-state index >= 15 is 0 Å². The molecule has 2 aromatic rings. The molecule has 0 spiro atoms. The highest BCUT2D eigenvalue weighted by Crippen LogP contribution is 2.19. The van der Waals surface area contributed by atoms with E-state index in [0.717, 1.165) is 4.68 Å². The summed E-state index contributed by atoms with van der Waals surface area (Å²) in [6.45, 7) is 1.40. The number of hydrogen-bond donors (Lipinski definition) is 1. The van der Waals surface area contributed by atoms with Crippen LogP contribution < -0.4 is 9.79 Å². The van der Waals surface area contributed by atoms with Gasteiger partial charge in [-0.1, -0.05) is 0 Å². The number of benzene rings is 1. The van der Waals surface area contributed by atoms with Crippen molar-refractivity contribution >= 4 is 5.69 Å². The summed E-state index contributed by atoms with van der Waals surface area (Å²) < 4.78 is 5.56. The van der Waals surface area contributed by atoms with Gasteiger partial charge in [-0.25, -0.2) is 0 Å². The molecular weight excluding hydrogens is 242 g/mol. The molecule has 0 amide bonds. The molecule has 8 nitrogen and oxygen atoms in total. The lowest BCUT2D eigenvalue weighted by molar-refractivity contribution is -0.680. The van der Waals surface area contributed by atoms with E-state index in [1.54, 1.807) is 0 Å². The molecular formula is C10H9N3O5. The minimum Gasteiger partial charge on any atom is -0.539 e. The number of hydrogen-bond acceptors (Lipinski definition) is 6. The van der Waals surface area contributed by atoms with Crippen LogP contribution in [-0.4, -0.2) is 15.3 Å². The third-order valence-corrected chi connectivity index (χ3v) is 2.34. The molecule has 1 aromatic heterocycles. The fraction of sp³-hybridized carbons (Fsp3) is 0.200. The zero-order chi connectivity index (χ0) is 13.3. The summed E-state index contributed by atoms with van der Waals surface area (Å²) in [5, 5.41) is 34.7. The fourth-order valence-electron chi connectivity index (χ4n) is 1.50. The van der Waals surface area contributed by atoms with E-state index in [-0.39, 0.29) is 11.4 Å². The Morgan fingerprint density at radius 1 is 1.44 bits per heavy atom. The Kier molecular flexibility index (Phi) is 2.94. The molecule has 0 saturated heterocycles. The lowest BCUT2D eigenvalue weighted by Gasteiger charge is -1.99. The number of aliphatic hydroxyl groups is 1. The lowest BCUT2D eigenvalue weighted by atomic mass is 10.2. The number of aliphatic hydroxyl groups excluding tert-OH is 1. The van der Waals surface area contributed by atoms with E-state index in [0.29, 0.717) is 5.69 Å². The topological polar surface area (TPSA) is 116 Å². The van der Waals surface area contributed by atoms with Crippen LogP contribution in [0.1, 0.15) is 18.7 Å². The van der Waals surface area contributed by atoms with E-state index in [4.69, 9.17) is 0 Å². The van der Waals surface area contributed by atoms with Crippen molar-refractivity contribution in [2.45, 2.75) is 13.0 Å². The maximum Gasteiger partial charge on any atom is 0.269 e. The van der Waals surface area contributed by atoms with Crippen LogP contribution in [0, 0.1) is 10.1 Å². The second-order valence-corrected chi connectivity index (χ2v) is 3.61. The van der Waals surface area contributed by atoms with E-state index in [9.17, 15) is 20.3 Å². The van der Waals surface area contributed by atoms with Gasteiger partial charge in [0.05, 0.1) is 10.2 Å². The van der Waals surface area contributed by atoms with Crippen LogP contribution in [-0.2, 0) is 0 Å². The molecule has 0 radical (unpaired) electrons. The highest BCUT2D eigenvalue weighted by Gasteiger charge is 2.24. The molecule has 0 aliphatic rings. The standard InChI is InChI=1S/C10H9N3O5/c1-6(14)9-10(15)18-11-12(9)7-2-4-8(5-3-7)13(16)17/h2-6,14H,1H3. The zero-order valence-electron chi connectivity index (χ0n) is 9.31. The molecule has 94 valence electrons. The van der Waals surface area contributed by atoms with Gasteiger partial charge < -0.3 is 14.7 Å². The number of rotatable bonds is 3. The Labute approximate surface area is 101 Å². The van der Waals surface area contributed by atoms with E-state index in [1.807, 2.05) is 0 Å². The van der Waals surface area contributed by atoms with Gasteiger partial charge in [0.25, 0.3) is 11.4 Å². The molecule has 0 fully saturated rings. The van der Waals surface area contributed by atoms with Crippen LogP contribution in [0.25, 0.3) is 5.69 Å². The molecule has 0 aliphatic heterocycles. The number of nitro benzene ring substituents is 1. The van der Waals surface area contributed by atoms with Gasteiger partial charge in [-0.05, 0) is 11.6 Å². The summed E-state index contributed by atoms with van der Waals surface area (Å²) >= 11 is 0.